The van der Waals surface area contributed by atoms with Crippen LogP contribution in [0, 0.1) is 0 Å². The van der Waals surface area contributed by atoms with Crippen LogP contribution in [0.25, 0.3) is 0 Å². The second-order valence-electron chi connectivity index (χ2n) is 5.41. The predicted molar refractivity (Wildman–Crippen MR) is 85.8 cm³/mol. The van der Waals surface area contributed by atoms with Gasteiger partial charge in [-0.3, -0.25) is 4.79 Å². The third-order valence-corrected chi connectivity index (χ3v) is 4.09. The molecule has 0 aromatic heterocycles. The number of urea groups is 1. The average Bonchev–Trinajstić information content (AvgIpc) is 2.77. The molecule has 132 valence electrons. The van der Waals surface area contributed by atoms with E-state index in [-0.39, 0.29) is 40.7 Å². The van der Waals surface area contributed by atoms with Crippen molar-refractivity contribution in [3.8, 4) is 0 Å². The first-order valence-corrected chi connectivity index (χ1v) is 8.29. The summed E-state index contributed by atoms with van der Waals surface area (Å²) in [6, 6.07) is 4.67. The number of hydrogen-bond acceptors (Lipinski definition) is 3. The molecule has 1 aliphatic rings. The van der Waals surface area contributed by atoms with Crippen LogP contribution in [0.2, 0.25) is 0 Å². The minimum atomic E-state index is -4.38. The van der Waals surface area contributed by atoms with E-state index in [0.717, 1.165) is 6.42 Å². The summed E-state index contributed by atoms with van der Waals surface area (Å²) in [5, 5.41) is 5.17. The average molecular weight is 361 g/mol. The van der Waals surface area contributed by atoms with Gasteiger partial charge in [0.1, 0.15) is 0 Å². The van der Waals surface area contributed by atoms with E-state index in [0.29, 0.717) is 13.1 Å². The monoisotopic (exact) mass is 361 g/mol. The third-order valence-electron chi connectivity index (χ3n) is 3.37. The fourth-order valence-corrected chi connectivity index (χ4v) is 3.08. The fourth-order valence-electron chi connectivity index (χ4n) is 2.48. The van der Waals surface area contributed by atoms with E-state index < -0.39 is 11.5 Å². The van der Waals surface area contributed by atoms with Gasteiger partial charge in [-0.25, -0.2) is 4.79 Å². The van der Waals surface area contributed by atoms with Crippen molar-refractivity contribution in [2.24, 2.45) is 0 Å². The molecular weight excluding hydrogens is 343 g/mol. The summed E-state index contributed by atoms with van der Waals surface area (Å²) in [4.78, 5) is 25.4. The highest BCUT2D eigenvalue weighted by atomic mass is 32.2. The van der Waals surface area contributed by atoms with Gasteiger partial charge in [-0.1, -0.05) is 13.0 Å². The van der Waals surface area contributed by atoms with E-state index >= 15 is 0 Å². The first-order valence-electron chi connectivity index (χ1n) is 7.48. The zero-order chi connectivity index (χ0) is 17.7. The van der Waals surface area contributed by atoms with Crippen LogP contribution in [0.4, 0.5) is 23.7 Å². The molecule has 1 aromatic carbocycles. The number of benzene rings is 1. The molecule has 5 nitrogen and oxygen atoms in total. The van der Waals surface area contributed by atoms with Crippen LogP contribution >= 0.6 is 11.8 Å². The van der Waals surface area contributed by atoms with Crippen molar-refractivity contribution in [2.75, 3.05) is 18.4 Å². The number of halogens is 3. The van der Waals surface area contributed by atoms with E-state index in [2.05, 4.69) is 10.6 Å². The molecule has 1 aliphatic heterocycles. The summed E-state index contributed by atoms with van der Waals surface area (Å²) in [6.07, 6.45) is 1.08. The van der Waals surface area contributed by atoms with Crippen LogP contribution in [0.5, 0.6) is 0 Å². The number of nitrogens with zero attached hydrogens (tertiary/aromatic N) is 1. The van der Waals surface area contributed by atoms with Gasteiger partial charge in [0, 0.05) is 30.1 Å². The van der Waals surface area contributed by atoms with Crippen LogP contribution < -0.4 is 10.6 Å². The number of nitrogens with one attached hydrogen (secondary N) is 2. The summed E-state index contributed by atoms with van der Waals surface area (Å²) in [5.41, 5.74) is -4.12. The second-order valence-corrected chi connectivity index (χ2v) is 6.55. The lowest BCUT2D eigenvalue weighted by atomic mass is 10.2. The Kier molecular flexibility index (Phi) is 5.98. The number of rotatable bonds is 5. The highest BCUT2D eigenvalue weighted by Crippen LogP contribution is 2.37. The molecule has 2 N–H and O–H groups in total. The van der Waals surface area contributed by atoms with E-state index in [9.17, 15) is 22.8 Å². The lowest BCUT2D eigenvalue weighted by Crippen LogP contribution is -2.39. The van der Waals surface area contributed by atoms with Gasteiger partial charge >= 0.3 is 11.5 Å². The number of alkyl halides is 3. The maximum Gasteiger partial charge on any atom is 0.446 e. The molecule has 0 bridgehead atoms. The molecule has 24 heavy (non-hydrogen) atoms. The Morgan fingerprint density at radius 3 is 2.83 bits per heavy atom. The topological polar surface area (TPSA) is 61.4 Å². The minimum absolute atomic E-state index is 0.00859. The first-order chi connectivity index (χ1) is 11.3. The second kappa shape index (κ2) is 7.78. The molecule has 1 aromatic rings. The number of carbonyl (C=O) groups excluding carboxylic acids is 2. The van der Waals surface area contributed by atoms with Gasteiger partial charge in [0.05, 0.1) is 6.04 Å². The predicted octanol–water partition coefficient (Wildman–Crippen LogP) is 3.43. The Morgan fingerprint density at radius 1 is 1.42 bits per heavy atom. The van der Waals surface area contributed by atoms with Gasteiger partial charge in [0.15, 0.2) is 0 Å². The summed E-state index contributed by atoms with van der Waals surface area (Å²) in [6.45, 7) is 3.06. The summed E-state index contributed by atoms with van der Waals surface area (Å²) in [5.74, 6) is -0.00859. The zero-order valence-electron chi connectivity index (χ0n) is 13.0. The van der Waals surface area contributed by atoms with Crippen LogP contribution in [0.3, 0.4) is 0 Å². The Hall–Kier alpha value is -1.90. The Morgan fingerprint density at radius 2 is 2.17 bits per heavy atom. The quantitative estimate of drug-likeness (QED) is 0.790. The van der Waals surface area contributed by atoms with Crippen molar-refractivity contribution < 1.29 is 22.8 Å². The SMILES string of the molecule is CCCN1C[C@H](NC(=O)Nc2cccc(SC(F)(F)F)c2)CC1=O. The van der Waals surface area contributed by atoms with Crippen molar-refractivity contribution in [3.05, 3.63) is 24.3 Å². The molecule has 2 rings (SSSR count). The van der Waals surface area contributed by atoms with Crippen molar-refractivity contribution in [2.45, 2.75) is 36.2 Å². The van der Waals surface area contributed by atoms with Gasteiger partial charge < -0.3 is 15.5 Å². The molecule has 1 heterocycles. The number of amides is 3. The molecule has 0 aliphatic carbocycles. The van der Waals surface area contributed by atoms with E-state index in [1.54, 1.807) is 4.90 Å². The van der Waals surface area contributed by atoms with Crippen LogP contribution in [-0.4, -0.2) is 41.5 Å². The molecule has 9 heteroatoms. The number of carbonyl (C=O) groups is 2. The molecular formula is C15H18F3N3O2S. The highest BCUT2D eigenvalue weighted by Gasteiger charge is 2.30. The normalized spacial score (nSPS) is 17.9. The zero-order valence-corrected chi connectivity index (χ0v) is 13.8. The maximum atomic E-state index is 12.4. The summed E-state index contributed by atoms with van der Waals surface area (Å²) in [7, 11) is 0. The van der Waals surface area contributed by atoms with E-state index in [1.807, 2.05) is 6.92 Å². The minimum Gasteiger partial charge on any atom is -0.341 e. The van der Waals surface area contributed by atoms with Crippen molar-refractivity contribution in [1.29, 1.82) is 0 Å². The number of anilines is 1. The molecule has 3 amide bonds. The van der Waals surface area contributed by atoms with Crippen LogP contribution in [0.15, 0.2) is 29.2 Å². The standard InChI is InChI=1S/C15H18F3N3O2S/c1-2-6-21-9-11(8-13(21)22)20-14(23)19-10-4-3-5-12(7-10)24-15(16,17)18/h3-5,7,11H,2,6,8-9H2,1H3,(H2,19,20,23)/t11-/m1/s1. The van der Waals surface area contributed by atoms with Gasteiger partial charge in [0.25, 0.3) is 0 Å². The number of likely N-dealkylation sites (tertiary alicyclic amines) is 1. The van der Waals surface area contributed by atoms with E-state index in [1.165, 1.54) is 24.3 Å². The lowest BCUT2D eigenvalue weighted by Gasteiger charge is -2.16. The van der Waals surface area contributed by atoms with Crippen molar-refractivity contribution in [1.82, 2.24) is 10.2 Å². The first kappa shape index (κ1) is 18.4. The molecule has 1 atom stereocenters. The molecule has 1 saturated heterocycles. The maximum absolute atomic E-state index is 12.4. The Balaban J connectivity index is 1.89. The lowest BCUT2D eigenvalue weighted by molar-refractivity contribution is -0.127. The summed E-state index contributed by atoms with van der Waals surface area (Å²) >= 11 is -0.242. The van der Waals surface area contributed by atoms with Gasteiger partial charge in [-0.15, -0.1) is 0 Å². The van der Waals surface area contributed by atoms with Crippen molar-refractivity contribution >= 4 is 29.4 Å². The van der Waals surface area contributed by atoms with Crippen LogP contribution in [0.1, 0.15) is 19.8 Å². The number of thioether (sulfide) groups is 1. The number of hydrogen-bond donors (Lipinski definition) is 2. The van der Waals surface area contributed by atoms with Crippen LogP contribution in [-0.2, 0) is 4.79 Å². The van der Waals surface area contributed by atoms with Crippen molar-refractivity contribution in [3.63, 3.8) is 0 Å². The highest BCUT2D eigenvalue weighted by molar-refractivity contribution is 8.00. The molecule has 0 spiro atoms. The third kappa shape index (κ3) is 5.63. The fraction of sp³-hybridized carbons (Fsp3) is 0.467. The molecule has 1 fully saturated rings. The Labute approximate surface area is 142 Å². The van der Waals surface area contributed by atoms with Gasteiger partial charge in [-0.05, 0) is 36.4 Å². The smallest absolute Gasteiger partial charge is 0.341 e. The molecule has 0 radical (unpaired) electrons. The van der Waals surface area contributed by atoms with Gasteiger partial charge in [0.2, 0.25) is 5.91 Å². The molecule has 0 saturated carbocycles. The molecule has 0 unspecified atom stereocenters. The largest absolute Gasteiger partial charge is 0.446 e. The van der Waals surface area contributed by atoms with E-state index in [4.69, 9.17) is 0 Å². The van der Waals surface area contributed by atoms with Gasteiger partial charge in [-0.2, -0.15) is 13.2 Å². The Bertz CT molecular complexity index is 610. The summed E-state index contributed by atoms with van der Waals surface area (Å²) < 4.78 is 37.1.